The fraction of sp³-hybridized carbons (Fsp3) is 0.0909. The van der Waals surface area contributed by atoms with Crippen LogP contribution in [-0.2, 0) is 6.54 Å². The van der Waals surface area contributed by atoms with Crippen molar-refractivity contribution in [2.24, 2.45) is 0 Å². The molecule has 2 heterocycles. The number of aromatic nitrogens is 1. The zero-order chi connectivity index (χ0) is 14.0. The first-order chi connectivity index (χ1) is 8.97. The minimum atomic E-state index is -1.12. The Morgan fingerprint density at radius 3 is 2.84 bits per heavy atom. The van der Waals surface area contributed by atoms with Crippen LogP contribution in [0.3, 0.4) is 0 Å². The van der Waals surface area contributed by atoms with Crippen molar-refractivity contribution in [2.45, 2.75) is 6.54 Å². The van der Waals surface area contributed by atoms with Crippen LogP contribution in [-0.4, -0.2) is 20.6 Å². The molecule has 0 radical (unpaired) electrons. The molecular formula is C11H8N2O6. The number of hydrogen-bond acceptors (Lipinski definition) is 5. The average Bonchev–Trinajstić information content (AvgIpc) is 2.80. The first kappa shape index (κ1) is 12.6. The van der Waals surface area contributed by atoms with E-state index >= 15 is 0 Å². The second kappa shape index (κ2) is 4.77. The van der Waals surface area contributed by atoms with E-state index < -0.39 is 22.0 Å². The number of carboxylic acid groups (broad SMARTS) is 1. The van der Waals surface area contributed by atoms with Gasteiger partial charge in [-0.3, -0.25) is 14.9 Å². The summed E-state index contributed by atoms with van der Waals surface area (Å²) < 4.78 is 6.38. The molecule has 0 saturated carbocycles. The van der Waals surface area contributed by atoms with Gasteiger partial charge in [-0.05, 0) is 6.07 Å². The molecule has 19 heavy (non-hydrogen) atoms. The van der Waals surface area contributed by atoms with Crippen LogP contribution in [0.2, 0.25) is 0 Å². The summed E-state index contributed by atoms with van der Waals surface area (Å²) in [5.41, 5.74) is -1.25. The molecule has 8 heteroatoms. The van der Waals surface area contributed by atoms with Gasteiger partial charge in [-0.15, -0.1) is 0 Å². The van der Waals surface area contributed by atoms with Crippen LogP contribution in [0.1, 0.15) is 16.1 Å². The highest BCUT2D eigenvalue weighted by Gasteiger charge is 2.13. The van der Waals surface area contributed by atoms with Gasteiger partial charge >= 0.3 is 11.7 Å². The Balaban J connectivity index is 2.28. The quantitative estimate of drug-likeness (QED) is 0.652. The molecule has 0 bridgehead atoms. The van der Waals surface area contributed by atoms with Gasteiger partial charge in [0.15, 0.2) is 0 Å². The summed E-state index contributed by atoms with van der Waals surface area (Å²) in [6, 6.07) is 2.38. The highest BCUT2D eigenvalue weighted by Crippen LogP contribution is 2.11. The van der Waals surface area contributed by atoms with Crippen LogP contribution < -0.4 is 5.43 Å². The highest BCUT2D eigenvalue weighted by atomic mass is 16.6. The number of nitro groups is 1. The van der Waals surface area contributed by atoms with Gasteiger partial charge in [-0.1, -0.05) is 0 Å². The Morgan fingerprint density at radius 1 is 1.53 bits per heavy atom. The van der Waals surface area contributed by atoms with Gasteiger partial charge in [0.05, 0.1) is 23.2 Å². The van der Waals surface area contributed by atoms with Gasteiger partial charge < -0.3 is 14.1 Å². The Labute approximate surface area is 105 Å². The van der Waals surface area contributed by atoms with Crippen LogP contribution in [0.15, 0.2) is 40.0 Å². The van der Waals surface area contributed by atoms with Crippen LogP contribution in [0, 0.1) is 10.1 Å². The Morgan fingerprint density at radius 2 is 2.26 bits per heavy atom. The highest BCUT2D eigenvalue weighted by molar-refractivity contribution is 5.87. The summed E-state index contributed by atoms with van der Waals surface area (Å²) in [7, 11) is 0. The third kappa shape index (κ3) is 2.68. The molecule has 0 fully saturated rings. The number of carboxylic acids is 1. The van der Waals surface area contributed by atoms with Crippen molar-refractivity contribution in [3.05, 3.63) is 62.5 Å². The van der Waals surface area contributed by atoms with Crippen LogP contribution >= 0.6 is 0 Å². The molecular weight excluding hydrogens is 256 g/mol. The van der Waals surface area contributed by atoms with E-state index in [1.807, 2.05) is 0 Å². The standard InChI is InChI=1S/C11H8N2O6/c14-10-1-2-12(5-9(10)13(17)18)4-8-3-7(6-19-8)11(15)16/h1-3,5-6H,4H2,(H,15,16). The molecule has 0 saturated heterocycles. The largest absolute Gasteiger partial charge is 0.478 e. The number of nitrogens with zero attached hydrogens (tertiary/aromatic N) is 2. The van der Waals surface area contributed by atoms with Gasteiger partial charge in [-0.25, -0.2) is 4.79 Å². The summed E-state index contributed by atoms with van der Waals surface area (Å²) in [5.74, 6) is -0.809. The smallest absolute Gasteiger partial charge is 0.338 e. The summed E-state index contributed by atoms with van der Waals surface area (Å²) in [4.78, 5) is 31.7. The summed E-state index contributed by atoms with van der Waals surface area (Å²) in [6.07, 6.45) is 3.51. The van der Waals surface area contributed by atoms with Gasteiger partial charge in [0.25, 0.3) is 5.43 Å². The summed E-state index contributed by atoms with van der Waals surface area (Å²) in [6.45, 7) is 0.0917. The maximum Gasteiger partial charge on any atom is 0.338 e. The van der Waals surface area contributed by atoms with E-state index in [2.05, 4.69) is 0 Å². The van der Waals surface area contributed by atoms with Gasteiger partial charge in [0.1, 0.15) is 12.0 Å². The van der Waals surface area contributed by atoms with Gasteiger partial charge in [0, 0.05) is 12.3 Å². The molecule has 0 atom stereocenters. The third-order valence-corrected chi connectivity index (χ3v) is 2.39. The molecule has 98 valence electrons. The Hall–Kier alpha value is -2.90. The van der Waals surface area contributed by atoms with Gasteiger partial charge in [-0.2, -0.15) is 0 Å². The normalized spacial score (nSPS) is 10.3. The predicted molar refractivity (Wildman–Crippen MR) is 62.1 cm³/mol. The zero-order valence-electron chi connectivity index (χ0n) is 9.48. The molecule has 0 aliphatic heterocycles. The van der Waals surface area contributed by atoms with Crippen molar-refractivity contribution >= 4 is 11.7 Å². The second-order valence-corrected chi connectivity index (χ2v) is 3.73. The number of carbonyl (C=O) groups is 1. The van der Waals surface area contributed by atoms with Crippen LogP contribution in [0.5, 0.6) is 0 Å². The van der Waals surface area contributed by atoms with E-state index in [0.29, 0.717) is 5.76 Å². The Bertz CT molecular complexity index is 699. The lowest BCUT2D eigenvalue weighted by Crippen LogP contribution is -2.11. The summed E-state index contributed by atoms with van der Waals surface area (Å²) >= 11 is 0. The van der Waals surface area contributed by atoms with Crippen molar-refractivity contribution in [3.63, 3.8) is 0 Å². The van der Waals surface area contributed by atoms with E-state index in [0.717, 1.165) is 18.5 Å². The van der Waals surface area contributed by atoms with Crippen molar-refractivity contribution in [1.29, 1.82) is 0 Å². The fourth-order valence-electron chi connectivity index (χ4n) is 1.50. The summed E-state index contributed by atoms with van der Waals surface area (Å²) in [5, 5.41) is 19.3. The minimum absolute atomic E-state index is 0.00875. The monoisotopic (exact) mass is 264 g/mol. The molecule has 2 aromatic rings. The number of pyridine rings is 1. The van der Waals surface area contributed by atoms with E-state index in [1.54, 1.807) is 0 Å². The molecule has 0 aliphatic carbocycles. The lowest BCUT2D eigenvalue weighted by molar-refractivity contribution is -0.386. The van der Waals surface area contributed by atoms with Crippen molar-refractivity contribution in [3.8, 4) is 0 Å². The maximum atomic E-state index is 11.2. The number of aromatic carboxylic acids is 1. The van der Waals surface area contributed by atoms with E-state index in [4.69, 9.17) is 9.52 Å². The zero-order valence-corrected chi connectivity index (χ0v) is 9.48. The number of rotatable bonds is 4. The lowest BCUT2D eigenvalue weighted by Gasteiger charge is -2.02. The molecule has 2 aromatic heterocycles. The van der Waals surface area contributed by atoms with E-state index in [1.165, 1.54) is 16.8 Å². The first-order valence-electron chi connectivity index (χ1n) is 5.12. The third-order valence-electron chi connectivity index (χ3n) is 2.39. The van der Waals surface area contributed by atoms with E-state index in [-0.39, 0.29) is 12.1 Å². The average molecular weight is 264 g/mol. The topological polar surface area (TPSA) is 116 Å². The lowest BCUT2D eigenvalue weighted by atomic mass is 10.3. The Kier molecular flexibility index (Phi) is 3.15. The number of hydrogen-bond donors (Lipinski definition) is 1. The molecule has 0 aromatic carbocycles. The van der Waals surface area contributed by atoms with Crippen molar-refractivity contribution < 1.29 is 19.2 Å². The molecule has 8 nitrogen and oxygen atoms in total. The molecule has 0 unspecified atom stereocenters. The van der Waals surface area contributed by atoms with Crippen LogP contribution in [0.4, 0.5) is 5.69 Å². The first-order valence-corrected chi connectivity index (χ1v) is 5.12. The van der Waals surface area contributed by atoms with Crippen molar-refractivity contribution in [2.75, 3.05) is 0 Å². The second-order valence-electron chi connectivity index (χ2n) is 3.73. The number of furan rings is 1. The molecule has 1 N–H and O–H groups in total. The molecule has 2 rings (SSSR count). The van der Waals surface area contributed by atoms with Crippen LogP contribution in [0.25, 0.3) is 0 Å². The van der Waals surface area contributed by atoms with Gasteiger partial charge in [0.2, 0.25) is 0 Å². The SMILES string of the molecule is O=C(O)c1coc(Cn2ccc(=O)c([N+](=O)[O-])c2)c1. The van der Waals surface area contributed by atoms with E-state index in [9.17, 15) is 19.7 Å². The maximum absolute atomic E-state index is 11.2. The van der Waals surface area contributed by atoms with Crippen molar-refractivity contribution in [1.82, 2.24) is 4.57 Å². The fourth-order valence-corrected chi connectivity index (χ4v) is 1.50. The minimum Gasteiger partial charge on any atom is -0.478 e. The predicted octanol–water partition coefficient (Wildman–Crippen LogP) is 1.10. The molecule has 0 amide bonds. The molecule has 0 aliphatic rings. The molecule has 0 spiro atoms.